The fourth-order valence-electron chi connectivity index (χ4n) is 4.05. The lowest BCUT2D eigenvalue weighted by molar-refractivity contribution is -0.534. The number of rotatable bonds is 3. The summed E-state index contributed by atoms with van der Waals surface area (Å²) in [5.74, 6) is 2.01. The van der Waals surface area contributed by atoms with Crippen LogP contribution >= 0.6 is 11.6 Å². The van der Waals surface area contributed by atoms with Crippen molar-refractivity contribution in [3.05, 3.63) is 59.1 Å². The second-order valence-corrected chi connectivity index (χ2v) is 7.44. The van der Waals surface area contributed by atoms with Crippen molar-refractivity contribution in [3.63, 3.8) is 0 Å². The van der Waals surface area contributed by atoms with Gasteiger partial charge in [-0.1, -0.05) is 23.7 Å². The quantitative estimate of drug-likeness (QED) is 0.828. The molecule has 0 radical (unpaired) electrons. The molecule has 0 saturated heterocycles. The number of aliphatic hydroxyl groups is 1. The first-order valence-corrected chi connectivity index (χ1v) is 9.53. The Balaban J connectivity index is 1.81. The third-order valence-corrected chi connectivity index (χ3v) is 5.62. The van der Waals surface area contributed by atoms with E-state index in [-0.39, 0.29) is 0 Å². The van der Waals surface area contributed by atoms with E-state index in [2.05, 4.69) is 9.48 Å². The summed E-state index contributed by atoms with van der Waals surface area (Å²) < 4.78 is 7.63. The van der Waals surface area contributed by atoms with E-state index >= 15 is 0 Å². The fraction of sp³-hybridized carbons (Fsp3) is 0.381. The van der Waals surface area contributed by atoms with Crippen LogP contribution in [0, 0.1) is 0 Å². The topological polar surface area (TPSA) is 35.7 Å². The predicted molar refractivity (Wildman–Crippen MR) is 104 cm³/mol. The zero-order chi connectivity index (χ0) is 18.1. The molecule has 2 heterocycles. The number of anilines is 1. The zero-order valence-electron chi connectivity index (χ0n) is 15.0. The number of ether oxygens (including phenoxy) is 1. The molecule has 4 rings (SSSR count). The monoisotopic (exact) mass is 371 g/mol. The van der Waals surface area contributed by atoms with Gasteiger partial charge in [0.1, 0.15) is 11.4 Å². The van der Waals surface area contributed by atoms with Crippen molar-refractivity contribution in [2.24, 2.45) is 0 Å². The number of methoxy groups -OCH3 is 1. The van der Waals surface area contributed by atoms with Crippen molar-refractivity contribution in [3.8, 4) is 5.75 Å². The van der Waals surface area contributed by atoms with Gasteiger partial charge in [0, 0.05) is 17.0 Å². The number of hydrogen-bond donors (Lipinski definition) is 1. The third kappa shape index (κ3) is 2.97. The molecule has 1 N–H and O–H groups in total. The van der Waals surface area contributed by atoms with E-state index in [0.29, 0.717) is 11.6 Å². The van der Waals surface area contributed by atoms with Gasteiger partial charge in [-0.15, -0.1) is 0 Å². The molecule has 0 fully saturated rings. The van der Waals surface area contributed by atoms with Crippen LogP contribution in [-0.4, -0.2) is 35.7 Å². The molecule has 0 saturated carbocycles. The molecule has 0 amide bonds. The minimum absolute atomic E-state index is 0.565. The van der Waals surface area contributed by atoms with Crippen molar-refractivity contribution in [1.82, 2.24) is 0 Å². The first-order valence-electron chi connectivity index (χ1n) is 9.15. The van der Waals surface area contributed by atoms with Crippen molar-refractivity contribution >= 4 is 23.1 Å². The molecule has 2 aromatic carbocycles. The van der Waals surface area contributed by atoms with Gasteiger partial charge in [-0.2, -0.15) is 4.90 Å². The minimum atomic E-state index is -1.11. The van der Waals surface area contributed by atoms with Gasteiger partial charge < -0.3 is 9.84 Å². The SMILES string of the molecule is COc1ccc(N2C3=[N+](CCCCC3)C[C@@]2(O)c2ccc(Cl)cc2)cc1. The number of nitrogens with zero attached hydrogens (tertiary/aromatic N) is 2. The van der Waals surface area contributed by atoms with E-state index < -0.39 is 5.72 Å². The van der Waals surface area contributed by atoms with Crippen LogP contribution in [0.15, 0.2) is 48.5 Å². The Labute approximate surface area is 159 Å². The van der Waals surface area contributed by atoms with Crippen LogP contribution in [0.4, 0.5) is 5.69 Å². The van der Waals surface area contributed by atoms with Crippen LogP contribution in [0.5, 0.6) is 5.75 Å². The maximum atomic E-state index is 11.8. The fourth-order valence-corrected chi connectivity index (χ4v) is 4.18. The molecule has 0 bridgehead atoms. The molecule has 2 aromatic rings. The predicted octanol–water partition coefficient (Wildman–Crippen LogP) is 4.00. The van der Waals surface area contributed by atoms with E-state index in [0.717, 1.165) is 42.8 Å². The highest BCUT2D eigenvalue weighted by atomic mass is 35.5. The highest BCUT2D eigenvalue weighted by Gasteiger charge is 2.53. The van der Waals surface area contributed by atoms with Gasteiger partial charge >= 0.3 is 0 Å². The number of benzene rings is 2. The molecular formula is C21H24ClN2O2+. The summed E-state index contributed by atoms with van der Waals surface area (Å²) in [5.41, 5.74) is 0.729. The number of amidine groups is 1. The number of hydrogen-bond acceptors (Lipinski definition) is 3. The molecule has 5 heteroatoms. The summed E-state index contributed by atoms with van der Waals surface area (Å²) in [4.78, 5) is 2.10. The van der Waals surface area contributed by atoms with E-state index in [1.165, 1.54) is 12.3 Å². The first-order chi connectivity index (χ1) is 12.6. The lowest BCUT2D eigenvalue weighted by atomic mass is 10.00. The van der Waals surface area contributed by atoms with Crippen LogP contribution in [0.25, 0.3) is 0 Å². The number of halogens is 1. The van der Waals surface area contributed by atoms with Crippen molar-refractivity contribution in [2.75, 3.05) is 25.1 Å². The molecular weight excluding hydrogens is 348 g/mol. The van der Waals surface area contributed by atoms with Crippen molar-refractivity contribution < 1.29 is 14.4 Å². The standard InChI is InChI=1S/C21H24ClN2O2/c1-26-19-12-10-18(11-13-19)24-20-5-3-2-4-14-23(20)15-21(24,25)16-6-8-17(22)9-7-16/h6-13,25H,2-5,14-15H2,1H3/q+1/t21-/m1/s1. The Morgan fingerprint density at radius 2 is 1.77 bits per heavy atom. The van der Waals surface area contributed by atoms with Crippen LogP contribution < -0.4 is 9.64 Å². The summed E-state index contributed by atoms with van der Waals surface area (Å²) in [6, 6.07) is 15.4. The van der Waals surface area contributed by atoms with Crippen LogP contribution in [0.3, 0.4) is 0 Å². The van der Waals surface area contributed by atoms with Crippen molar-refractivity contribution in [2.45, 2.75) is 31.4 Å². The van der Waals surface area contributed by atoms with Gasteiger partial charge in [0.05, 0.1) is 13.7 Å². The summed E-state index contributed by atoms with van der Waals surface area (Å²) in [6.45, 7) is 1.55. The molecule has 2 aliphatic heterocycles. The van der Waals surface area contributed by atoms with E-state index in [9.17, 15) is 5.11 Å². The summed E-state index contributed by atoms with van der Waals surface area (Å²) >= 11 is 6.07. The average Bonchev–Trinajstić information content (AvgIpc) is 2.79. The first kappa shape index (κ1) is 17.4. The zero-order valence-corrected chi connectivity index (χ0v) is 15.7. The second kappa shape index (κ2) is 6.93. The van der Waals surface area contributed by atoms with Crippen molar-refractivity contribution in [1.29, 1.82) is 0 Å². The van der Waals surface area contributed by atoms with Crippen LogP contribution in [-0.2, 0) is 5.72 Å². The molecule has 0 unspecified atom stereocenters. The normalized spacial score (nSPS) is 23.0. The Morgan fingerprint density at radius 3 is 2.46 bits per heavy atom. The maximum absolute atomic E-state index is 11.8. The molecule has 136 valence electrons. The van der Waals surface area contributed by atoms with Crippen LogP contribution in [0.2, 0.25) is 5.02 Å². The molecule has 0 aliphatic carbocycles. The van der Waals surface area contributed by atoms with Crippen LogP contribution in [0.1, 0.15) is 31.2 Å². The highest BCUT2D eigenvalue weighted by molar-refractivity contribution is 6.30. The summed E-state index contributed by atoms with van der Waals surface area (Å²) in [5, 5.41) is 12.5. The highest BCUT2D eigenvalue weighted by Crippen LogP contribution is 2.38. The summed E-state index contributed by atoms with van der Waals surface area (Å²) in [6.07, 6.45) is 4.52. The van der Waals surface area contributed by atoms with Gasteiger partial charge in [-0.05, 0) is 55.7 Å². The van der Waals surface area contributed by atoms with Gasteiger partial charge in [0.2, 0.25) is 0 Å². The second-order valence-electron chi connectivity index (χ2n) is 7.01. The molecule has 26 heavy (non-hydrogen) atoms. The van der Waals surface area contributed by atoms with Gasteiger partial charge in [0.15, 0.2) is 6.54 Å². The van der Waals surface area contributed by atoms with E-state index in [1.807, 2.05) is 48.5 Å². The summed E-state index contributed by atoms with van der Waals surface area (Å²) in [7, 11) is 1.66. The van der Waals surface area contributed by atoms with E-state index in [1.54, 1.807) is 7.11 Å². The average molecular weight is 372 g/mol. The lowest BCUT2D eigenvalue weighted by Gasteiger charge is -2.29. The molecule has 2 aliphatic rings. The molecule has 1 atom stereocenters. The largest absolute Gasteiger partial charge is 0.497 e. The smallest absolute Gasteiger partial charge is 0.275 e. The van der Waals surface area contributed by atoms with Gasteiger partial charge in [-0.3, -0.25) is 4.58 Å². The molecule has 0 spiro atoms. The maximum Gasteiger partial charge on any atom is 0.275 e. The minimum Gasteiger partial charge on any atom is -0.497 e. The third-order valence-electron chi connectivity index (χ3n) is 5.37. The Kier molecular flexibility index (Phi) is 4.63. The van der Waals surface area contributed by atoms with Gasteiger partial charge in [-0.25, -0.2) is 0 Å². The molecule has 0 aromatic heterocycles. The Bertz CT molecular complexity index is 817. The molecule has 4 nitrogen and oxygen atoms in total. The van der Waals surface area contributed by atoms with Gasteiger partial charge in [0.25, 0.3) is 11.6 Å². The van der Waals surface area contributed by atoms with E-state index in [4.69, 9.17) is 16.3 Å². The Hall–Kier alpha value is -2.04. The Morgan fingerprint density at radius 1 is 1.04 bits per heavy atom. The lowest BCUT2D eigenvalue weighted by Crippen LogP contribution is -2.47.